The first-order valence-corrected chi connectivity index (χ1v) is 9.10. The van der Waals surface area contributed by atoms with Crippen LogP contribution in [-0.4, -0.2) is 46.9 Å². The van der Waals surface area contributed by atoms with Crippen LogP contribution in [0.1, 0.15) is 25.0 Å². The van der Waals surface area contributed by atoms with E-state index < -0.39 is 23.2 Å². The summed E-state index contributed by atoms with van der Waals surface area (Å²) in [5, 5.41) is 9.71. The number of amides is 2. The first-order valence-electron chi connectivity index (χ1n) is 8.28. The Balaban J connectivity index is 2.40. The van der Waals surface area contributed by atoms with Gasteiger partial charge in [0.25, 0.3) is 11.1 Å². The fourth-order valence-corrected chi connectivity index (χ4v) is 3.50. The van der Waals surface area contributed by atoms with Crippen molar-refractivity contribution in [3.63, 3.8) is 0 Å². The summed E-state index contributed by atoms with van der Waals surface area (Å²) in [5.74, 6) is -0.944. The number of aromatic hydroxyl groups is 1. The van der Waals surface area contributed by atoms with E-state index in [2.05, 4.69) is 11.3 Å². The van der Waals surface area contributed by atoms with Gasteiger partial charge in [-0.3, -0.25) is 14.5 Å². The zero-order chi connectivity index (χ0) is 20.1. The molecule has 2 amide bonds. The lowest BCUT2D eigenvalue weighted by atomic mass is 10.0. The second-order valence-electron chi connectivity index (χ2n) is 5.70. The van der Waals surface area contributed by atoms with Crippen LogP contribution in [0.4, 0.5) is 4.79 Å². The maximum absolute atomic E-state index is 12.6. The summed E-state index contributed by atoms with van der Waals surface area (Å²) >= 11 is 0.743. The Kier molecular flexibility index (Phi) is 6.68. The van der Waals surface area contributed by atoms with Crippen molar-refractivity contribution in [3.05, 3.63) is 40.8 Å². The predicted octanol–water partition coefficient (Wildman–Crippen LogP) is 3.12. The van der Waals surface area contributed by atoms with Crippen LogP contribution in [0.5, 0.6) is 11.5 Å². The Bertz CT molecular complexity index is 817. The molecule has 1 saturated heterocycles. The molecule has 8 heteroatoms. The Morgan fingerprint density at radius 3 is 2.70 bits per heavy atom. The Morgan fingerprint density at radius 1 is 1.41 bits per heavy atom. The van der Waals surface area contributed by atoms with Gasteiger partial charge in [0, 0.05) is 5.56 Å². The third-order valence-electron chi connectivity index (χ3n) is 3.89. The third kappa shape index (κ3) is 4.33. The van der Waals surface area contributed by atoms with E-state index >= 15 is 0 Å². The van der Waals surface area contributed by atoms with Crippen LogP contribution in [0.15, 0.2) is 29.7 Å². The van der Waals surface area contributed by atoms with Gasteiger partial charge in [0.2, 0.25) is 0 Å². The van der Waals surface area contributed by atoms with Gasteiger partial charge in [-0.2, -0.15) is 0 Å². The van der Waals surface area contributed by atoms with E-state index in [1.165, 1.54) is 20.1 Å². The fraction of sp³-hybridized carbons (Fsp3) is 0.316. The van der Waals surface area contributed by atoms with Crippen molar-refractivity contribution in [3.8, 4) is 11.5 Å². The van der Waals surface area contributed by atoms with Crippen molar-refractivity contribution in [1.29, 1.82) is 0 Å². The van der Waals surface area contributed by atoms with Gasteiger partial charge in [0.1, 0.15) is 6.04 Å². The smallest absolute Gasteiger partial charge is 0.328 e. The standard InChI is InChI=1S/C19H21NO6S/c1-5-7-13-8-12(9-14(16(13)21)26-6-2)10-15-17(22)20(19(24)27-15)11(3)18(23)25-4/h5,8-11,21H,1,6-7H2,2-4H3/b15-10-/t11-/m1/s1. The van der Waals surface area contributed by atoms with E-state index in [1.54, 1.807) is 25.1 Å². The molecule has 0 saturated carbocycles. The summed E-state index contributed by atoms with van der Waals surface area (Å²) in [7, 11) is 1.20. The number of hydrogen-bond acceptors (Lipinski definition) is 7. The van der Waals surface area contributed by atoms with E-state index in [1.807, 2.05) is 0 Å². The van der Waals surface area contributed by atoms with Crippen LogP contribution >= 0.6 is 11.8 Å². The van der Waals surface area contributed by atoms with Gasteiger partial charge in [-0.15, -0.1) is 6.58 Å². The van der Waals surface area contributed by atoms with Gasteiger partial charge >= 0.3 is 5.97 Å². The first-order chi connectivity index (χ1) is 12.8. The van der Waals surface area contributed by atoms with Crippen molar-refractivity contribution in [1.82, 2.24) is 4.90 Å². The lowest BCUT2D eigenvalue weighted by Gasteiger charge is -2.18. The number of carbonyl (C=O) groups is 3. The molecule has 7 nitrogen and oxygen atoms in total. The summed E-state index contributed by atoms with van der Waals surface area (Å²) in [6.45, 7) is 7.24. The highest BCUT2D eigenvalue weighted by Gasteiger charge is 2.41. The molecule has 2 rings (SSSR count). The molecule has 0 aromatic heterocycles. The van der Waals surface area contributed by atoms with Gasteiger partial charge in [0.15, 0.2) is 11.5 Å². The minimum absolute atomic E-state index is 0.0151. The van der Waals surface area contributed by atoms with Crippen LogP contribution < -0.4 is 4.74 Å². The molecule has 1 fully saturated rings. The molecule has 0 aliphatic carbocycles. The number of hydrogen-bond donors (Lipinski definition) is 1. The fourth-order valence-electron chi connectivity index (χ4n) is 2.59. The van der Waals surface area contributed by atoms with Gasteiger partial charge in [0.05, 0.1) is 18.6 Å². The van der Waals surface area contributed by atoms with Gasteiger partial charge < -0.3 is 14.6 Å². The minimum Gasteiger partial charge on any atom is -0.504 e. The van der Waals surface area contributed by atoms with Gasteiger partial charge in [-0.05, 0) is 55.8 Å². The SMILES string of the molecule is C=CCc1cc(/C=C2\SC(=O)N([C@H](C)C(=O)OC)C2=O)cc(OCC)c1O. The van der Waals surface area contributed by atoms with E-state index in [0.29, 0.717) is 24.2 Å². The van der Waals surface area contributed by atoms with E-state index in [0.717, 1.165) is 16.7 Å². The highest BCUT2D eigenvalue weighted by atomic mass is 32.2. The lowest BCUT2D eigenvalue weighted by Crippen LogP contribution is -2.42. The molecule has 1 aliphatic rings. The highest BCUT2D eigenvalue weighted by Crippen LogP contribution is 2.37. The average molecular weight is 391 g/mol. The number of rotatable bonds is 7. The van der Waals surface area contributed by atoms with Crippen LogP contribution in [0.3, 0.4) is 0 Å². The molecule has 1 aromatic carbocycles. The number of phenolic OH excluding ortho intramolecular Hbond substituents is 1. The topological polar surface area (TPSA) is 93.1 Å². The maximum Gasteiger partial charge on any atom is 0.328 e. The maximum atomic E-state index is 12.6. The van der Waals surface area contributed by atoms with Crippen LogP contribution in [-0.2, 0) is 20.7 Å². The predicted molar refractivity (Wildman–Crippen MR) is 102 cm³/mol. The summed E-state index contributed by atoms with van der Waals surface area (Å²) in [6.07, 6.45) is 3.58. The zero-order valence-corrected chi connectivity index (χ0v) is 16.2. The normalized spacial score (nSPS) is 16.6. The first kappa shape index (κ1) is 20.6. The summed E-state index contributed by atoms with van der Waals surface area (Å²) in [6, 6.07) is 2.27. The molecule has 1 N–H and O–H groups in total. The Labute approximate surface area is 161 Å². The molecule has 0 spiro atoms. The number of nitrogens with zero attached hydrogens (tertiary/aromatic N) is 1. The molecule has 1 atom stereocenters. The second-order valence-corrected chi connectivity index (χ2v) is 6.70. The summed E-state index contributed by atoms with van der Waals surface area (Å²) < 4.78 is 10.0. The number of carbonyl (C=O) groups excluding carboxylic acids is 3. The Morgan fingerprint density at radius 2 is 2.11 bits per heavy atom. The highest BCUT2D eigenvalue weighted by molar-refractivity contribution is 8.18. The summed E-state index contributed by atoms with van der Waals surface area (Å²) in [5.41, 5.74) is 1.17. The van der Waals surface area contributed by atoms with E-state index in [9.17, 15) is 19.5 Å². The number of phenols is 1. The van der Waals surface area contributed by atoms with Gasteiger partial charge in [-0.1, -0.05) is 6.08 Å². The van der Waals surface area contributed by atoms with E-state index in [-0.39, 0.29) is 16.4 Å². The Hall–Kier alpha value is -2.74. The van der Waals surface area contributed by atoms with Crippen molar-refractivity contribution in [2.75, 3.05) is 13.7 Å². The molecule has 1 heterocycles. The van der Waals surface area contributed by atoms with Crippen LogP contribution in [0, 0.1) is 0 Å². The largest absolute Gasteiger partial charge is 0.504 e. The molecule has 0 unspecified atom stereocenters. The average Bonchev–Trinajstić information content (AvgIpc) is 2.91. The number of thioether (sulfide) groups is 1. The molecule has 0 radical (unpaired) electrons. The number of allylic oxidation sites excluding steroid dienone is 1. The monoisotopic (exact) mass is 391 g/mol. The molecular formula is C19H21NO6S. The lowest BCUT2D eigenvalue weighted by molar-refractivity contribution is -0.148. The van der Waals surface area contributed by atoms with Crippen molar-refractivity contribution >= 4 is 35.0 Å². The second kappa shape index (κ2) is 8.77. The van der Waals surface area contributed by atoms with Crippen molar-refractivity contribution in [2.24, 2.45) is 0 Å². The molecule has 27 heavy (non-hydrogen) atoms. The number of benzene rings is 1. The number of methoxy groups -OCH3 is 1. The minimum atomic E-state index is -1.01. The molecule has 1 aromatic rings. The van der Waals surface area contributed by atoms with Crippen LogP contribution in [0.25, 0.3) is 6.08 Å². The van der Waals surface area contributed by atoms with Gasteiger partial charge in [-0.25, -0.2) is 4.79 Å². The molecule has 0 bridgehead atoms. The van der Waals surface area contributed by atoms with Crippen molar-refractivity contribution < 1.29 is 29.0 Å². The molecular weight excluding hydrogens is 370 g/mol. The van der Waals surface area contributed by atoms with Crippen molar-refractivity contribution in [2.45, 2.75) is 26.3 Å². The quantitative estimate of drug-likeness (QED) is 0.434. The summed E-state index contributed by atoms with van der Waals surface area (Å²) in [4.78, 5) is 37.5. The molecule has 144 valence electrons. The zero-order valence-electron chi connectivity index (χ0n) is 15.4. The number of esters is 1. The number of ether oxygens (including phenoxy) is 2. The molecule has 1 aliphatic heterocycles. The van der Waals surface area contributed by atoms with Crippen LogP contribution in [0.2, 0.25) is 0 Å². The van der Waals surface area contributed by atoms with E-state index in [4.69, 9.17) is 4.74 Å². The third-order valence-corrected chi connectivity index (χ3v) is 4.77. The number of imide groups is 1.